The summed E-state index contributed by atoms with van der Waals surface area (Å²) in [7, 11) is 2.09. The number of nitrogens with one attached hydrogen (secondary N) is 2. The first-order valence-corrected chi connectivity index (χ1v) is 9.35. The number of hydrogen-bond acceptors (Lipinski definition) is 5. The van der Waals surface area contributed by atoms with E-state index in [-0.39, 0.29) is 11.0 Å². The topological polar surface area (TPSA) is 79.6 Å². The fourth-order valence-corrected chi connectivity index (χ4v) is 4.81. The number of fused-ring (bicyclic) bond motifs is 5. The summed E-state index contributed by atoms with van der Waals surface area (Å²) in [5, 5.41) is 5.65. The van der Waals surface area contributed by atoms with Crippen molar-refractivity contribution in [3.8, 4) is 28.5 Å². The van der Waals surface area contributed by atoms with Crippen molar-refractivity contribution >= 4 is 5.69 Å². The number of aromatic amines is 2. The minimum absolute atomic E-state index is 0.143. The van der Waals surface area contributed by atoms with Gasteiger partial charge < -0.3 is 19.1 Å². The Morgan fingerprint density at radius 1 is 1.00 bits per heavy atom. The molecule has 3 aliphatic heterocycles. The van der Waals surface area contributed by atoms with Crippen LogP contribution in [0, 0.1) is 0 Å². The Morgan fingerprint density at radius 2 is 1.82 bits per heavy atom. The summed E-state index contributed by atoms with van der Waals surface area (Å²) in [6, 6.07) is 11.8. The van der Waals surface area contributed by atoms with Gasteiger partial charge >= 0.3 is 0 Å². The van der Waals surface area contributed by atoms with Gasteiger partial charge in [0.15, 0.2) is 11.5 Å². The maximum Gasteiger partial charge on any atom is 0.264 e. The average Bonchev–Trinajstić information content (AvgIpc) is 3.38. The van der Waals surface area contributed by atoms with Crippen LogP contribution in [-0.2, 0) is 5.41 Å². The van der Waals surface area contributed by atoms with Crippen LogP contribution in [-0.4, -0.2) is 43.6 Å². The third kappa shape index (κ3) is 1.96. The fourth-order valence-electron chi connectivity index (χ4n) is 4.81. The monoisotopic (exact) mass is 377 g/mol. The van der Waals surface area contributed by atoms with E-state index in [1.54, 1.807) is 6.07 Å². The highest BCUT2D eigenvalue weighted by Crippen LogP contribution is 2.55. The van der Waals surface area contributed by atoms with Gasteiger partial charge in [0.25, 0.3) is 5.56 Å². The van der Waals surface area contributed by atoms with E-state index in [0.29, 0.717) is 19.8 Å². The van der Waals surface area contributed by atoms with Gasteiger partial charge in [-0.1, -0.05) is 12.1 Å². The molecule has 1 aromatic heterocycles. The van der Waals surface area contributed by atoms with Crippen molar-refractivity contribution in [3.63, 3.8) is 0 Å². The molecule has 1 unspecified atom stereocenters. The van der Waals surface area contributed by atoms with Crippen molar-refractivity contribution in [1.29, 1.82) is 0 Å². The number of benzene rings is 2. The van der Waals surface area contributed by atoms with E-state index in [0.717, 1.165) is 46.3 Å². The van der Waals surface area contributed by atoms with Gasteiger partial charge in [-0.05, 0) is 12.1 Å². The number of nitrogens with zero attached hydrogens (tertiary/aromatic N) is 1. The van der Waals surface area contributed by atoms with Gasteiger partial charge in [0.1, 0.15) is 25.6 Å². The van der Waals surface area contributed by atoms with E-state index < -0.39 is 0 Å². The normalized spacial score (nSPS) is 21.5. The van der Waals surface area contributed by atoms with E-state index in [1.807, 2.05) is 12.1 Å². The number of anilines is 1. The van der Waals surface area contributed by atoms with Gasteiger partial charge in [-0.25, -0.2) is 0 Å². The van der Waals surface area contributed by atoms with Crippen molar-refractivity contribution in [1.82, 2.24) is 10.2 Å². The molecule has 0 radical (unpaired) electrons. The molecular formula is C21H19N3O4. The van der Waals surface area contributed by atoms with Crippen LogP contribution in [0.5, 0.6) is 17.2 Å². The molecule has 4 heterocycles. The number of likely N-dealkylation sites (N-methyl/N-ethyl adjacent to an activating group) is 1. The van der Waals surface area contributed by atoms with Gasteiger partial charge in [-0.2, -0.15) is 0 Å². The quantitative estimate of drug-likeness (QED) is 0.680. The zero-order valence-electron chi connectivity index (χ0n) is 15.4. The smallest absolute Gasteiger partial charge is 0.264 e. The highest BCUT2D eigenvalue weighted by molar-refractivity contribution is 5.81. The first-order chi connectivity index (χ1) is 13.7. The number of ether oxygens (including phenoxy) is 3. The third-order valence-corrected chi connectivity index (χ3v) is 5.96. The van der Waals surface area contributed by atoms with E-state index in [4.69, 9.17) is 14.2 Å². The first-order valence-electron chi connectivity index (χ1n) is 9.35. The second kappa shape index (κ2) is 5.34. The maximum atomic E-state index is 11.7. The van der Waals surface area contributed by atoms with Crippen LogP contribution in [0.1, 0.15) is 11.1 Å². The van der Waals surface area contributed by atoms with Gasteiger partial charge in [-0.15, -0.1) is 0 Å². The predicted molar refractivity (Wildman–Crippen MR) is 104 cm³/mol. The Kier molecular flexibility index (Phi) is 2.99. The summed E-state index contributed by atoms with van der Waals surface area (Å²) in [5.41, 5.74) is 4.73. The lowest BCUT2D eigenvalue weighted by molar-refractivity contribution is 0.171. The molecule has 142 valence electrons. The zero-order valence-corrected chi connectivity index (χ0v) is 15.4. The summed E-state index contributed by atoms with van der Waals surface area (Å²) in [6.07, 6.45) is 0. The SMILES string of the molecule is CN1CC2(COc3cc4c(cc32)OCCO4)c2c(-c3cc(=O)[nH][nH]3)cccc21. The second-order valence-electron chi connectivity index (χ2n) is 7.59. The van der Waals surface area contributed by atoms with E-state index in [9.17, 15) is 4.79 Å². The average molecular weight is 377 g/mol. The van der Waals surface area contributed by atoms with Crippen molar-refractivity contribution in [2.45, 2.75) is 5.41 Å². The van der Waals surface area contributed by atoms with Gasteiger partial charge in [0, 0.05) is 48.1 Å². The number of hydrogen-bond donors (Lipinski definition) is 2. The van der Waals surface area contributed by atoms with Crippen LogP contribution >= 0.6 is 0 Å². The molecule has 28 heavy (non-hydrogen) atoms. The summed E-state index contributed by atoms with van der Waals surface area (Å²) in [4.78, 5) is 14.0. The van der Waals surface area contributed by atoms with E-state index in [1.165, 1.54) is 5.56 Å². The minimum atomic E-state index is -0.333. The molecule has 0 saturated carbocycles. The van der Waals surface area contributed by atoms with Crippen molar-refractivity contribution in [3.05, 3.63) is 57.9 Å². The highest BCUT2D eigenvalue weighted by Gasteiger charge is 2.51. The lowest BCUT2D eigenvalue weighted by atomic mass is 9.75. The van der Waals surface area contributed by atoms with Crippen LogP contribution in [0.15, 0.2) is 41.2 Å². The molecule has 0 bridgehead atoms. The van der Waals surface area contributed by atoms with Crippen LogP contribution in [0.4, 0.5) is 5.69 Å². The lowest BCUT2D eigenvalue weighted by Gasteiger charge is -2.26. The molecular weight excluding hydrogens is 358 g/mol. The Hall–Kier alpha value is -3.35. The van der Waals surface area contributed by atoms with Crippen LogP contribution in [0.25, 0.3) is 11.3 Å². The molecule has 2 aromatic carbocycles. The predicted octanol–water partition coefficient (Wildman–Crippen LogP) is 2.27. The molecule has 0 fully saturated rings. The molecule has 0 saturated heterocycles. The Morgan fingerprint density at radius 3 is 2.61 bits per heavy atom. The number of aromatic nitrogens is 2. The first kappa shape index (κ1) is 15.7. The molecule has 7 heteroatoms. The maximum absolute atomic E-state index is 11.7. The zero-order chi connectivity index (χ0) is 18.9. The fraction of sp³-hybridized carbons (Fsp3) is 0.286. The number of rotatable bonds is 1. The Bertz CT molecular complexity index is 1160. The molecule has 0 aliphatic carbocycles. The van der Waals surface area contributed by atoms with Crippen LogP contribution < -0.4 is 24.7 Å². The summed E-state index contributed by atoms with van der Waals surface area (Å²) < 4.78 is 17.7. The lowest BCUT2D eigenvalue weighted by Crippen LogP contribution is -2.35. The van der Waals surface area contributed by atoms with Gasteiger partial charge in [0.05, 0.1) is 11.1 Å². The third-order valence-electron chi connectivity index (χ3n) is 5.96. The van der Waals surface area contributed by atoms with E-state index in [2.05, 4.69) is 40.3 Å². The molecule has 3 aliphatic rings. The molecule has 6 rings (SSSR count). The Labute approximate surface area is 160 Å². The van der Waals surface area contributed by atoms with Gasteiger partial charge in [0.2, 0.25) is 0 Å². The standard InChI is InChI=1S/C21H19N3O4/c1-24-10-21(11-28-16-9-18-17(7-13(16)21)26-5-6-27-18)20-12(3-2-4-15(20)24)14-8-19(25)23-22-14/h2-4,7-9H,5-6,10-11H2,1H3,(H2,22,23,25). The van der Waals surface area contributed by atoms with Crippen LogP contribution in [0.2, 0.25) is 0 Å². The van der Waals surface area contributed by atoms with Gasteiger partial charge in [-0.3, -0.25) is 15.0 Å². The molecule has 7 nitrogen and oxygen atoms in total. The summed E-state index contributed by atoms with van der Waals surface area (Å²) in [6.45, 7) is 2.42. The molecule has 2 N–H and O–H groups in total. The second-order valence-corrected chi connectivity index (χ2v) is 7.59. The Balaban J connectivity index is 1.61. The minimum Gasteiger partial charge on any atom is -0.492 e. The summed E-state index contributed by atoms with van der Waals surface area (Å²) >= 11 is 0. The van der Waals surface area contributed by atoms with Crippen molar-refractivity contribution in [2.75, 3.05) is 38.3 Å². The summed E-state index contributed by atoms with van der Waals surface area (Å²) in [5.74, 6) is 2.33. The van der Waals surface area contributed by atoms with Crippen molar-refractivity contribution < 1.29 is 14.2 Å². The largest absolute Gasteiger partial charge is 0.492 e. The molecule has 1 spiro atoms. The highest BCUT2D eigenvalue weighted by atomic mass is 16.6. The van der Waals surface area contributed by atoms with Crippen molar-refractivity contribution in [2.24, 2.45) is 0 Å². The molecule has 0 amide bonds. The molecule has 1 atom stereocenters. The van der Waals surface area contributed by atoms with Crippen LogP contribution in [0.3, 0.4) is 0 Å². The van der Waals surface area contributed by atoms with E-state index >= 15 is 0 Å². The molecule has 3 aromatic rings. The number of H-pyrrole nitrogens is 2.